The van der Waals surface area contributed by atoms with Gasteiger partial charge >= 0.3 is 0 Å². The second kappa shape index (κ2) is 6.05. The monoisotopic (exact) mass is 236 g/mol. The second-order valence-electron chi connectivity index (χ2n) is 4.56. The van der Waals surface area contributed by atoms with Gasteiger partial charge in [-0.25, -0.2) is 0 Å². The third kappa shape index (κ3) is 6.44. The van der Waals surface area contributed by atoms with Gasteiger partial charge in [0, 0.05) is 6.23 Å². The summed E-state index contributed by atoms with van der Waals surface area (Å²) in [5, 5.41) is 0. The van der Waals surface area contributed by atoms with Gasteiger partial charge in [0.1, 0.15) is 0 Å². The van der Waals surface area contributed by atoms with Gasteiger partial charge in [-0.1, -0.05) is 42.1 Å². The van der Waals surface area contributed by atoms with Crippen LogP contribution < -0.4 is 0 Å². The van der Waals surface area contributed by atoms with E-state index >= 15 is 0 Å². The Hall–Kier alpha value is -0.646. The first kappa shape index (κ1) is 12.4. The molecule has 0 unspecified atom stereocenters. The Balaban J connectivity index is 2.24. The largest absolute Gasteiger partial charge is 0.421 e. The van der Waals surface area contributed by atoms with Crippen LogP contribution in [0.1, 0.15) is 5.56 Å². The molecule has 0 aliphatic carbocycles. The molecule has 0 radical (unpaired) electrons. The summed E-state index contributed by atoms with van der Waals surface area (Å²) >= 11 is 0. The van der Waals surface area contributed by atoms with Crippen LogP contribution in [0.2, 0.25) is 19.6 Å². The van der Waals surface area contributed by atoms with E-state index in [2.05, 4.69) is 55.7 Å². The number of hydrogen-bond donors (Lipinski definition) is 0. The van der Waals surface area contributed by atoms with Crippen LogP contribution in [0, 0.1) is 0 Å². The van der Waals surface area contributed by atoms with Crippen molar-refractivity contribution in [2.24, 2.45) is 0 Å². The van der Waals surface area contributed by atoms with Gasteiger partial charge in [0.2, 0.25) is 0 Å². The van der Waals surface area contributed by atoms with E-state index < -0.39 is 8.32 Å². The van der Waals surface area contributed by atoms with E-state index in [1.165, 1.54) is 5.56 Å². The minimum atomic E-state index is -1.29. The zero-order valence-corrected chi connectivity index (χ0v) is 12.3. The molecule has 1 rings (SSSR count). The maximum atomic E-state index is 5.82. The fourth-order valence-corrected chi connectivity index (χ4v) is 4.71. The standard InChI is InChI=1S/C12H20OSi2/c1-15(2,3)13-11-14-10-9-12-7-5-4-6-8-12/h4-10H,11,14H2,1-3H3. The Morgan fingerprint density at radius 1 is 1.20 bits per heavy atom. The molecular formula is C12H20OSi2. The molecule has 1 nitrogen and oxygen atoms in total. The molecule has 0 amide bonds. The molecule has 0 N–H and O–H groups in total. The van der Waals surface area contributed by atoms with Crippen molar-refractivity contribution in [1.29, 1.82) is 0 Å². The first-order chi connectivity index (χ1) is 7.08. The Labute approximate surface area is 96.1 Å². The topological polar surface area (TPSA) is 9.23 Å². The van der Waals surface area contributed by atoms with Gasteiger partial charge in [0.15, 0.2) is 8.32 Å². The minimum Gasteiger partial charge on any atom is -0.421 e. The van der Waals surface area contributed by atoms with E-state index in [4.69, 9.17) is 4.43 Å². The Morgan fingerprint density at radius 2 is 1.87 bits per heavy atom. The summed E-state index contributed by atoms with van der Waals surface area (Å²) in [5.41, 5.74) is 3.60. The van der Waals surface area contributed by atoms with Crippen molar-refractivity contribution in [2.75, 3.05) is 6.23 Å². The molecule has 0 fully saturated rings. The van der Waals surface area contributed by atoms with Crippen molar-refractivity contribution in [2.45, 2.75) is 19.6 Å². The van der Waals surface area contributed by atoms with Crippen molar-refractivity contribution in [1.82, 2.24) is 0 Å². The first-order valence-electron chi connectivity index (χ1n) is 5.43. The molecule has 0 saturated heterocycles. The number of benzene rings is 1. The lowest BCUT2D eigenvalue weighted by Gasteiger charge is -2.15. The van der Waals surface area contributed by atoms with Gasteiger partial charge in [0.25, 0.3) is 0 Å². The highest BCUT2D eigenvalue weighted by Gasteiger charge is 2.12. The third-order valence-corrected chi connectivity index (χ3v) is 4.42. The average molecular weight is 236 g/mol. The van der Waals surface area contributed by atoms with E-state index in [-0.39, 0.29) is 9.52 Å². The van der Waals surface area contributed by atoms with Crippen molar-refractivity contribution in [3.8, 4) is 0 Å². The van der Waals surface area contributed by atoms with Crippen molar-refractivity contribution in [3.05, 3.63) is 41.6 Å². The van der Waals surface area contributed by atoms with Gasteiger partial charge in [0.05, 0.1) is 9.52 Å². The summed E-state index contributed by atoms with van der Waals surface area (Å²) in [4.78, 5) is 0. The molecule has 0 saturated carbocycles. The predicted molar refractivity (Wildman–Crippen MR) is 73.3 cm³/mol. The second-order valence-corrected chi connectivity index (χ2v) is 10.5. The lowest BCUT2D eigenvalue weighted by atomic mass is 10.2. The SMILES string of the molecule is C[Si](C)(C)OC[SiH2]C=Cc1ccccc1. The molecule has 0 spiro atoms. The summed E-state index contributed by atoms with van der Waals surface area (Å²) in [6.07, 6.45) is 3.19. The maximum Gasteiger partial charge on any atom is 0.183 e. The van der Waals surface area contributed by atoms with E-state index in [1.54, 1.807) is 0 Å². The lowest BCUT2D eigenvalue weighted by Crippen LogP contribution is -2.27. The molecule has 0 aliphatic heterocycles. The quantitative estimate of drug-likeness (QED) is 0.564. The molecule has 0 aromatic heterocycles. The van der Waals surface area contributed by atoms with Gasteiger partial charge in [-0.05, 0) is 25.2 Å². The summed E-state index contributed by atoms with van der Waals surface area (Å²) in [7, 11) is -1.47. The number of hydrogen-bond acceptors (Lipinski definition) is 1. The molecule has 82 valence electrons. The van der Waals surface area contributed by atoms with Crippen LogP contribution in [0.3, 0.4) is 0 Å². The smallest absolute Gasteiger partial charge is 0.183 e. The highest BCUT2D eigenvalue weighted by Crippen LogP contribution is 2.02. The normalized spacial score (nSPS) is 13.0. The first-order valence-corrected chi connectivity index (χ1v) is 10.7. The van der Waals surface area contributed by atoms with Crippen LogP contribution >= 0.6 is 0 Å². The Kier molecular flexibility index (Phi) is 5.01. The molecule has 0 aliphatic rings. The zero-order valence-electron chi connectivity index (χ0n) is 9.86. The molecule has 15 heavy (non-hydrogen) atoms. The number of rotatable bonds is 5. The van der Waals surface area contributed by atoms with Gasteiger partial charge in [-0.2, -0.15) is 0 Å². The molecule has 0 bridgehead atoms. The third-order valence-electron chi connectivity index (χ3n) is 1.93. The highest BCUT2D eigenvalue weighted by atomic mass is 28.4. The van der Waals surface area contributed by atoms with Crippen LogP contribution in [0.4, 0.5) is 0 Å². The summed E-state index contributed by atoms with van der Waals surface area (Å²) < 4.78 is 5.82. The van der Waals surface area contributed by atoms with Crippen molar-refractivity contribution in [3.63, 3.8) is 0 Å². The molecule has 0 atom stereocenters. The maximum absolute atomic E-state index is 5.82. The Bertz CT molecular complexity index is 301. The van der Waals surface area contributed by atoms with Crippen LogP contribution in [-0.2, 0) is 4.43 Å². The van der Waals surface area contributed by atoms with Crippen LogP contribution in [0.25, 0.3) is 6.08 Å². The predicted octanol–water partition coefficient (Wildman–Crippen LogP) is 2.64. The van der Waals surface area contributed by atoms with E-state index in [9.17, 15) is 0 Å². The van der Waals surface area contributed by atoms with Gasteiger partial charge in [-0.15, -0.1) is 0 Å². The van der Waals surface area contributed by atoms with Gasteiger partial charge in [-0.3, -0.25) is 0 Å². The molecule has 0 heterocycles. The molecule has 1 aromatic carbocycles. The zero-order chi connectivity index (χ0) is 11.1. The van der Waals surface area contributed by atoms with E-state index in [0.29, 0.717) is 0 Å². The average Bonchev–Trinajstić information content (AvgIpc) is 2.17. The van der Waals surface area contributed by atoms with Crippen LogP contribution in [0.5, 0.6) is 0 Å². The van der Waals surface area contributed by atoms with E-state index in [0.717, 1.165) is 6.23 Å². The van der Waals surface area contributed by atoms with Crippen LogP contribution in [0.15, 0.2) is 36.0 Å². The van der Waals surface area contributed by atoms with Crippen molar-refractivity contribution < 1.29 is 4.43 Å². The lowest BCUT2D eigenvalue weighted by molar-refractivity contribution is 0.381. The Morgan fingerprint density at radius 3 is 2.47 bits per heavy atom. The van der Waals surface area contributed by atoms with Crippen LogP contribution in [-0.4, -0.2) is 24.1 Å². The molecular weight excluding hydrogens is 216 g/mol. The fraction of sp³-hybridized carbons (Fsp3) is 0.333. The summed E-state index contributed by atoms with van der Waals surface area (Å²) in [5.74, 6) is 0. The highest BCUT2D eigenvalue weighted by molar-refractivity contribution is 6.70. The summed E-state index contributed by atoms with van der Waals surface area (Å²) in [6.45, 7) is 6.72. The summed E-state index contributed by atoms with van der Waals surface area (Å²) in [6, 6.07) is 10.4. The van der Waals surface area contributed by atoms with Gasteiger partial charge < -0.3 is 4.43 Å². The fourth-order valence-electron chi connectivity index (χ4n) is 1.22. The minimum absolute atomic E-state index is 0.180. The molecule has 3 heteroatoms. The van der Waals surface area contributed by atoms with E-state index in [1.807, 2.05) is 6.07 Å². The molecule has 1 aromatic rings. The van der Waals surface area contributed by atoms with Crippen molar-refractivity contribution >= 4 is 23.9 Å².